The zero-order valence-corrected chi connectivity index (χ0v) is 13.4. The zero-order chi connectivity index (χ0) is 16.4. The second kappa shape index (κ2) is 6.58. The lowest BCUT2D eigenvalue weighted by atomic mass is 10.2. The molecule has 1 atom stereocenters. The number of morpholine rings is 1. The molecule has 3 aromatic rings. The lowest BCUT2D eigenvalue weighted by molar-refractivity contribution is 0.0359. The fourth-order valence-corrected chi connectivity index (χ4v) is 2.90. The van der Waals surface area contributed by atoms with E-state index >= 15 is 0 Å². The van der Waals surface area contributed by atoms with E-state index in [0.717, 1.165) is 29.9 Å². The number of hydrogen-bond donors (Lipinski definition) is 1. The number of pyridine rings is 1. The first kappa shape index (κ1) is 15.1. The van der Waals surface area contributed by atoms with Gasteiger partial charge in [-0.05, 0) is 18.2 Å². The maximum absolute atomic E-state index is 5.84. The summed E-state index contributed by atoms with van der Waals surface area (Å²) in [6.45, 7) is 2.55. The molecule has 8 nitrogen and oxygen atoms in total. The Hall–Kier alpha value is -2.45. The molecule has 126 valence electrons. The van der Waals surface area contributed by atoms with Crippen LogP contribution in [0, 0.1) is 0 Å². The maximum atomic E-state index is 5.84. The number of fused-ring (bicyclic) bond motifs is 1. The average Bonchev–Trinajstić information content (AvgIpc) is 3.24. The molecule has 1 aliphatic rings. The Kier molecular flexibility index (Phi) is 4.14. The van der Waals surface area contributed by atoms with Gasteiger partial charge in [-0.25, -0.2) is 4.98 Å². The standard InChI is InChI=1S/C16H19N5O3/c1-22-10-13-18-15(24-20-13)8-12-9-21(6-7-23-12)14-3-2-11-4-5-17-16(11)19-14/h2-5,12H,6-10H2,1H3,(H,17,19)/t12-/m1/s1. The molecule has 4 rings (SSSR count). The van der Waals surface area contributed by atoms with Gasteiger partial charge >= 0.3 is 0 Å². The molecule has 0 unspecified atom stereocenters. The van der Waals surface area contributed by atoms with Crippen LogP contribution in [-0.2, 0) is 22.5 Å². The Bertz CT molecular complexity index is 815. The van der Waals surface area contributed by atoms with Crippen LogP contribution in [-0.4, -0.2) is 53.0 Å². The van der Waals surface area contributed by atoms with E-state index in [0.29, 0.717) is 31.3 Å². The molecule has 1 aliphatic heterocycles. The van der Waals surface area contributed by atoms with Crippen molar-refractivity contribution < 1.29 is 14.0 Å². The molecule has 1 saturated heterocycles. The van der Waals surface area contributed by atoms with Crippen molar-refractivity contribution in [1.82, 2.24) is 20.1 Å². The predicted molar refractivity (Wildman–Crippen MR) is 86.8 cm³/mol. The second-order valence-electron chi connectivity index (χ2n) is 5.77. The van der Waals surface area contributed by atoms with E-state index < -0.39 is 0 Å². The molecular weight excluding hydrogens is 310 g/mol. The van der Waals surface area contributed by atoms with Crippen LogP contribution in [0.5, 0.6) is 0 Å². The fourth-order valence-electron chi connectivity index (χ4n) is 2.90. The summed E-state index contributed by atoms with van der Waals surface area (Å²) >= 11 is 0. The SMILES string of the molecule is COCc1noc(C[C@@H]2CN(c3ccc4cc[nH]c4n3)CCO2)n1. The largest absolute Gasteiger partial charge is 0.377 e. The van der Waals surface area contributed by atoms with Gasteiger partial charge in [0.15, 0.2) is 5.82 Å². The Morgan fingerprint density at radius 1 is 1.33 bits per heavy atom. The van der Waals surface area contributed by atoms with E-state index in [1.807, 2.05) is 18.3 Å². The van der Waals surface area contributed by atoms with Crippen molar-refractivity contribution in [3.8, 4) is 0 Å². The molecule has 0 spiro atoms. The number of anilines is 1. The van der Waals surface area contributed by atoms with Crippen LogP contribution in [0.1, 0.15) is 11.7 Å². The number of rotatable bonds is 5. The van der Waals surface area contributed by atoms with Crippen molar-refractivity contribution in [2.75, 3.05) is 31.7 Å². The van der Waals surface area contributed by atoms with E-state index in [1.165, 1.54) is 0 Å². The molecule has 0 aliphatic carbocycles. The molecule has 24 heavy (non-hydrogen) atoms. The highest BCUT2D eigenvalue weighted by Crippen LogP contribution is 2.20. The monoisotopic (exact) mass is 329 g/mol. The van der Waals surface area contributed by atoms with Gasteiger partial charge in [-0.3, -0.25) is 0 Å². The minimum absolute atomic E-state index is 0.00395. The number of aromatic nitrogens is 4. The molecule has 0 radical (unpaired) electrons. The molecule has 1 fully saturated rings. The summed E-state index contributed by atoms with van der Waals surface area (Å²) in [4.78, 5) is 14.4. The minimum Gasteiger partial charge on any atom is -0.377 e. The van der Waals surface area contributed by atoms with Gasteiger partial charge in [-0.2, -0.15) is 4.98 Å². The van der Waals surface area contributed by atoms with Crippen LogP contribution in [0.4, 0.5) is 5.82 Å². The van der Waals surface area contributed by atoms with Crippen molar-refractivity contribution >= 4 is 16.9 Å². The Balaban J connectivity index is 1.44. The zero-order valence-electron chi connectivity index (χ0n) is 13.4. The summed E-state index contributed by atoms with van der Waals surface area (Å²) in [7, 11) is 1.60. The number of nitrogens with one attached hydrogen (secondary N) is 1. The highest BCUT2D eigenvalue weighted by molar-refractivity contribution is 5.77. The van der Waals surface area contributed by atoms with Gasteiger partial charge in [0.2, 0.25) is 5.89 Å². The van der Waals surface area contributed by atoms with E-state index in [4.69, 9.17) is 14.0 Å². The first-order valence-corrected chi connectivity index (χ1v) is 7.93. The Morgan fingerprint density at radius 2 is 2.29 bits per heavy atom. The van der Waals surface area contributed by atoms with E-state index in [9.17, 15) is 0 Å². The number of aromatic amines is 1. The highest BCUT2D eigenvalue weighted by atomic mass is 16.5. The molecule has 0 amide bonds. The van der Waals surface area contributed by atoms with Gasteiger partial charge in [0, 0.05) is 31.8 Å². The van der Waals surface area contributed by atoms with E-state index in [1.54, 1.807) is 7.11 Å². The van der Waals surface area contributed by atoms with Gasteiger partial charge in [-0.1, -0.05) is 5.16 Å². The molecular formula is C16H19N5O3. The van der Waals surface area contributed by atoms with Crippen molar-refractivity contribution in [3.05, 3.63) is 36.1 Å². The van der Waals surface area contributed by atoms with Crippen molar-refractivity contribution in [2.45, 2.75) is 19.1 Å². The summed E-state index contributed by atoms with van der Waals surface area (Å²) in [5, 5.41) is 4.99. The number of H-pyrrole nitrogens is 1. The second-order valence-corrected chi connectivity index (χ2v) is 5.77. The fraction of sp³-hybridized carbons (Fsp3) is 0.438. The topological polar surface area (TPSA) is 89.3 Å². The lowest BCUT2D eigenvalue weighted by Gasteiger charge is -2.33. The van der Waals surface area contributed by atoms with Crippen molar-refractivity contribution in [3.63, 3.8) is 0 Å². The summed E-state index contributed by atoms with van der Waals surface area (Å²) in [6.07, 6.45) is 2.48. The predicted octanol–water partition coefficient (Wildman–Crippen LogP) is 1.54. The van der Waals surface area contributed by atoms with Crippen LogP contribution in [0.15, 0.2) is 28.9 Å². The third-order valence-electron chi connectivity index (χ3n) is 4.04. The van der Waals surface area contributed by atoms with Crippen molar-refractivity contribution in [1.29, 1.82) is 0 Å². The minimum atomic E-state index is -0.00395. The molecule has 0 saturated carbocycles. The summed E-state index contributed by atoms with van der Waals surface area (Å²) in [5.74, 6) is 2.07. The molecule has 4 heterocycles. The summed E-state index contributed by atoms with van der Waals surface area (Å²) < 4.78 is 16.1. The van der Waals surface area contributed by atoms with Crippen LogP contribution in [0.3, 0.4) is 0 Å². The van der Waals surface area contributed by atoms with Gasteiger partial charge in [0.05, 0.1) is 19.1 Å². The van der Waals surface area contributed by atoms with Gasteiger partial charge in [0.1, 0.15) is 18.1 Å². The summed E-state index contributed by atoms with van der Waals surface area (Å²) in [5.41, 5.74) is 0.900. The molecule has 3 aromatic heterocycles. The van der Waals surface area contributed by atoms with Crippen LogP contribution < -0.4 is 4.90 Å². The average molecular weight is 329 g/mol. The third kappa shape index (κ3) is 3.10. The third-order valence-corrected chi connectivity index (χ3v) is 4.04. The van der Waals surface area contributed by atoms with Crippen molar-refractivity contribution in [2.24, 2.45) is 0 Å². The first-order chi connectivity index (χ1) is 11.8. The van der Waals surface area contributed by atoms with Gasteiger partial charge in [-0.15, -0.1) is 0 Å². The number of ether oxygens (including phenoxy) is 2. The number of nitrogens with zero attached hydrogens (tertiary/aromatic N) is 4. The van der Waals surface area contributed by atoms with Gasteiger partial charge < -0.3 is 23.9 Å². The maximum Gasteiger partial charge on any atom is 0.229 e. The number of methoxy groups -OCH3 is 1. The smallest absolute Gasteiger partial charge is 0.229 e. The molecule has 0 aromatic carbocycles. The molecule has 0 bridgehead atoms. The highest BCUT2D eigenvalue weighted by Gasteiger charge is 2.24. The van der Waals surface area contributed by atoms with E-state index in [-0.39, 0.29) is 6.10 Å². The lowest BCUT2D eigenvalue weighted by Crippen LogP contribution is -2.43. The Morgan fingerprint density at radius 3 is 3.21 bits per heavy atom. The van der Waals surface area contributed by atoms with Crippen LogP contribution in [0.25, 0.3) is 11.0 Å². The normalized spacial score (nSPS) is 18.4. The summed E-state index contributed by atoms with van der Waals surface area (Å²) in [6, 6.07) is 6.14. The Labute approximate surface area is 138 Å². The van der Waals surface area contributed by atoms with E-state index in [2.05, 4.69) is 31.1 Å². The first-order valence-electron chi connectivity index (χ1n) is 7.93. The number of hydrogen-bond acceptors (Lipinski definition) is 7. The van der Waals surface area contributed by atoms with Crippen LogP contribution in [0.2, 0.25) is 0 Å². The van der Waals surface area contributed by atoms with Crippen LogP contribution >= 0.6 is 0 Å². The van der Waals surface area contributed by atoms with Gasteiger partial charge in [0.25, 0.3) is 0 Å². The molecule has 1 N–H and O–H groups in total. The quantitative estimate of drug-likeness (QED) is 0.759. The molecule has 8 heteroatoms.